The van der Waals surface area contributed by atoms with Gasteiger partial charge in [-0.25, -0.2) is 9.97 Å². The maximum atomic E-state index is 5.16. The molecule has 3 nitrogen and oxygen atoms in total. The van der Waals surface area contributed by atoms with Gasteiger partial charge in [0.15, 0.2) is 5.65 Å². The fraction of sp³-hybridized carbons (Fsp3) is 0. The van der Waals surface area contributed by atoms with Gasteiger partial charge in [0.25, 0.3) is 0 Å². The standard InChI is InChI=1S/C52H33N3/c1-3-13-34(14-4-1)35-23-27-37(28-24-35)49-41-17-7-9-19-43(41)50(44-20-10-8-18-42(44)49)38-29-25-36(26-30-38)39-31-32-48-45(33-39)51-52(55(48)40-15-5-2-6-16-40)54-47-22-12-11-21-46(47)53-51/h1-33H. The summed E-state index contributed by atoms with van der Waals surface area (Å²) in [5.74, 6) is 0. The van der Waals surface area contributed by atoms with Crippen molar-refractivity contribution in [2.24, 2.45) is 0 Å². The molecule has 9 aromatic carbocycles. The molecule has 0 aliphatic carbocycles. The number of para-hydroxylation sites is 3. The van der Waals surface area contributed by atoms with Crippen LogP contribution in [-0.2, 0) is 0 Å². The van der Waals surface area contributed by atoms with Crippen LogP contribution in [0.15, 0.2) is 200 Å². The number of rotatable bonds is 5. The Labute approximate surface area is 318 Å². The predicted molar refractivity (Wildman–Crippen MR) is 231 cm³/mol. The molecule has 0 atom stereocenters. The van der Waals surface area contributed by atoms with Gasteiger partial charge in [-0.15, -0.1) is 0 Å². The van der Waals surface area contributed by atoms with E-state index >= 15 is 0 Å². The largest absolute Gasteiger partial charge is 0.293 e. The van der Waals surface area contributed by atoms with Crippen LogP contribution in [0.1, 0.15) is 0 Å². The van der Waals surface area contributed by atoms with Crippen molar-refractivity contribution in [3.05, 3.63) is 200 Å². The van der Waals surface area contributed by atoms with Crippen LogP contribution in [0.5, 0.6) is 0 Å². The molecule has 0 aliphatic rings. The second kappa shape index (κ2) is 12.6. The first-order valence-corrected chi connectivity index (χ1v) is 18.7. The van der Waals surface area contributed by atoms with Crippen LogP contribution >= 0.6 is 0 Å². The molecule has 11 aromatic rings. The zero-order valence-corrected chi connectivity index (χ0v) is 29.9. The molecule has 0 aliphatic heterocycles. The van der Waals surface area contributed by atoms with Crippen LogP contribution in [0.4, 0.5) is 0 Å². The monoisotopic (exact) mass is 699 g/mol. The molecule has 0 fully saturated rings. The Kier molecular flexibility index (Phi) is 7.17. The smallest absolute Gasteiger partial charge is 0.165 e. The van der Waals surface area contributed by atoms with E-state index in [0.29, 0.717) is 0 Å². The summed E-state index contributed by atoms with van der Waals surface area (Å²) in [7, 11) is 0. The topological polar surface area (TPSA) is 30.7 Å². The van der Waals surface area contributed by atoms with Gasteiger partial charge in [-0.3, -0.25) is 4.57 Å². The third-order valence-electron chi connectivity index (χ3n) is 11.0. The highest BCUT2D eigenvalue weighted by Gasteiger charge is 2.19. The molecule has 0 spiro atoms. The van der Waals surface area contributed by atoms with Gasteiger partial charge in [-0.05, 0) is 102 Å². The van der Waals surface area contributed by atoms with Crippen molar-refractivity contribution in [1.29, 1.82) is 0 Å². The Hall–Kier alpha value is -7.36. The predicted octanol–water partition coefficient (Wildman–Crippen LogP) is 13.7. The van der Waals surface area contributed by atoms with Gasteiger partial charge in [0.1, 0.15) is 5.52 Å². The van der Waals surface area contributed by atoms with Crippen molar-refractivity contribution in [2.45, 2.75) is 0 Å². The van der Waals surface area contributed by atoms with Gasteiger partial charge in [0, 0.05) is 11.1 Å². The second-order valence-electron chi connectivity index (χ2n) is 14.1. The van der Waals surface area contributed by atoms with Crippen molar-refractivity contribution in [1.82, 2.24) is 14.5 Å². The summed E-state index contributed by atoms with van der Waals surface area (Å²) >= 11 is 0. The van der Waals surface area contributed by atoms with Crippen molar-refractivity contribution in [2.75, 3.05) is 0 Å². The fourth-order valence-electron chi connectivity index (χ4n) is 8.42. The number of fused-ring (bicyclic) bond motifs is 6. The molecule has 0 saturated heterocycles. The van der Waals surface area contributed by atoms with E-state index in [2.05, 4.69) is 174 Å². The number of nitrogens with zero attached hydrogens (tertiary/aromatic N) is 3. The van der Waals surface area contributed by atoms with Gasteiger partial charge in [0.2, 0.25) is 0 Å². The molecule has 0 radical (unpaired) electrons. The molecule has 0 amide bonds. The van der Waals surface area contributed by atoms with Crippen molar-refractivity contribution in [3.63, 3.8) is 0 Å². The number of hydrogen-bond donors (Lipinski definition) is 0. The van der Waals surface area contributed by atoms with Crippen LogP contribution in [-0.4, -0.2) is 14.5 Å². The molecule has 0 N–H and O–H groups in total. The lowest BCUT2D eigenvalue weighted by Gasteiger charge is -2.18. The molecule has 0 saturated carbocycles. The Morgan fingerprint density at radius 3 is 1.29 bits per heavy atom. The Morgan fingerprint density at radius 1 is 0.309 bits per heavy atom. The van der Waals surface area contributed by atoms with Crippen LogP contribution in [0, 0.1) is 0 Å². The molecule has 0 bridgehead atoms. The summed E-state index contributed by atoms with van der Waals surface area (Å²) in [6, 6.07) is 71.7. The van der Waals surface area contributed by atoms with Crippen molar-refractivity contribution in [3.8, 4) is 50.2 Å². The highest BCUT2D eigenvalue weighted by Crippen LogP contribution is 2.44. The molecule has 3 heteroatoms. The lowest BCUT2D eigenvalue weighted by atomic mass is 9.85. The first kappa shape index (κ1) is 31.2. The maximum Gasteiger partial charge on any atom is 0.165 e. The number of hydrogen-bond acceptors (Lipinski definition) is 2. The van der Waals surface area contributed by atoms with E-state index in [9.17, 15) is 0 Å². The molecule has 256 valence electrons. The first-order chi connectivity index (χ1) is 27.3. The Morgan fingerprint density at radius 2 is 0.727 bits per heavy atom. The highest BCUT2D eigenvalue weighted by atomic mass is 15.1. The van der Waals surface area contributed by atoms with E-state index in [0.717, 1.165) is 49.9 Å². The summed E-state index contributed by atoms with van der Waals surface area (Å²) in [4.78, 5) is 10.3. The maximum absolute atomic E-state index is 5.16. The van der Waals surface area contributed by atoms with Crippen molar-refractivity contribution >= 4 is 54.6 Å². The molecule has 0 unspecified atom stereocenters. The average Bonchev–Trinajstić information content (AvgIpc) is 3.57. The Balaban J connectivity index is 1.04. The van der Waals surface area contributed by atoms with Gasteiger partial charge < -0.3 is 0 Å². The molecule has 2 aromatic heterocycles. The molecular formula is C52H33N3. The summed E-state index contributed by atoms with van der Waals surface area (Å²) < 4.78 is 2.23. The summed E-state index contributed by atoms with van der Waals surface area (Å²) in [5.41, 5.74) is 15.4. The minimum atomic E-state index is 0.863. The quantitative estimate of drug-likeness (QED) is 0.167. The summed E-state index contributed by atoms with van der Waals surface area (Å²) in [6.45, 7) is 0. The zero-order valence-electron chi connectivity index (χ0n) is 29.9. The lowest BCUT2D eigenvalue weighted by molar-refractivity contribution is 1.14. The minimum absolute atomic E-state index is 0.863. The van der Waals surface area contributed by atoms with Gasteiger partial charge >= 0.3 is 0 Å². The zero-order chi connectivity index (χ0) is 36.3. The summed E-state index contributed by atoms with van der Waals surface area (Å²) in [5, 5.41) is 6.08. The molecule has 11 rings (SSSR count). The third-order valence-corrected chi connectivity index (χ3v) is 11.0. The number of benzene rings is 9. The van der Waals surface area contributed by atoms with Crippen LogP contribution in [0.3, 0.4) is 0 Å². The van der Waals surface area contributed by atoms with E-state index in [4.69, 9.17) is 9.97 Å². The molecular weight excluding hydrogens is 667 g/mol. The summed E-state index contributed by atoms with van der Waals surface area (Å²) in [6.07, 6.45) is 0. The van der Waals surface area contributed by atoms with E-state index in [-0.39, 0.29) is 0 Å². The molecule has 55 heavy (non-hydrogen) atoms. The van der Waals surface area contributed by atoms with Crippen LogP contribution in [0.25, 0.3) is 105 Å². The average molecular weight is 700 g/mol. The van der Waals surface area contributed by atoms with Crippen LogP contribution < -0.4 is 0 Å². The van der Waals surface area contributed by atoms with E-state index in [1.54, 1.807) is 0 Å². The molecule has 2 heterocycles. The van der Waals surface area contributed by atoms with Gasteiger partial charge in [0.05, 0.1) is 16.6 Å². The van der Waals surface area contributed by atoms with E-state index < -0.39 is 0 Å². The first-order valence-electron chi connectivity index (χ1n) is 18.7. The van der Waals surface area contributed by atoms with Gasteiger partial charge in [-0.2, -0.15) is 0 Å². The normalized spacial score (nSPS) is 11.6. The third kappa shape index (κ3) is 5.13. The van der Waals surface area contributed by atoms with Crippen LogP contribution in [0.2, 0.25) is 0 Å². The Bertz CT molecular complexity index is 3160. The second-order valence-corrected chi connectivity index (χ2v) is 14.1. The minimum Gasteiger partial charge on any atom is -0.293 e. The lowest BCUT2D eigenvalue weighted by Crippen LogP contribution is -1.96. The van der Waals surface area contributed by atoms with E-state index in [1.165, 1.54) is 54.9 Å². The number of aromatic nitrogens is 3. The fourth-order valence-corrected chi connectivity index (χ4v) is 8.42. The highest BCUT2D eigenvalue weighted by molar-refractivity contribution is 6.21. The van der Waals surface area contributed by atoms with Gasteiger partial charge in [-0.1, -0.05) is 164 Å². The van der Waals surface area contributed by atoms with E-state index in [1.807, 2.05) is 30.3 Å². The van der Waals surface area contributed by atoms with Crippen molar-refractivity contribution < 1.29 is 0 Å². The SMILES string of the molecule is c1ccc(-c2ccc(-c3c4ccccc4c(-c4ccc(-c5ccc6c(c5)c5nc7ccccc7nc5n6-c5ccccc5)cc4)c4ccccc34)cc2)cc1.